The first kappa shape index (κ1) is 18.1. The minimum Gasteiger partial charge on any atom is -0.467 e. The summed E-state index contributed by atoms with van der Waals surface area (Å²) in [6.45, 7) is 1.67. The van der Waals surface area contributed by atoms with Crippen molar-refractivity contribution in [3.63, 3.8) is 0 Å². The van der Waals surface area contributed by atoms with Crippen molar-refractivity contribution in [1.29, 1.82) is 0 Å². The minimum atomic E-state index is -0.298. The molecule has 0 atom stereocenters. The van der Waals surface area contributed by atoms with Crippen LogP contribution in [0.4, 0.5) is 4.39 Å². The van der Waals surface area contributed by atoms with Crippen molar-refractivity contribution in [1.82, 2.24) is 10.2 Å². The van der Waals surface area contributed by atoms with E-state index in [0.717, 1.165) is 5.56 Å². The standard InChI is InChI=1S/C19H22FN3O3/c20-16-3-1-13(2-4-16)11-22-18(24)14-5-7-23(8-6-14)19(25)15-9-17(10-21)26-12-15/h1-4,9,12,14H,5-8,10-11,21H2,(H,22,24). The Labute approximate surface area is 151 Å². The summed E-state index contributed by atoms with van der Waals surface area (Å²) in [6, 6.07) is 7.70. The average Bonchev–Trinajstić information content (AvgIpc) is 3.16. The largest absolute Gasteiger partial charge is 0.467 e. The molecule has 3 N–H and O–H groups in total. The zero-order chi connectivity index (χ0) is 18.5. The number of hydrogen-bond acceptors (Lipinski definition) is 4. The first-order valence-corrected chi connectivity index (χ1v) is 8.65. The summed E-state index contributed by atoms with van der Waals surface area (Å²) in [7, 11) is 0. The number of hydrogen-bond donors (Lipinski definition) is 2. The molecule has 1 aromatic heterocycles. The number of carbonyl (C=O) groups excluding carboxylic acids is 2. The van der Waals surface area contributed by atoms with Crippen molar-refractivity contribution in [3.8, 4) is 0 Å². The van der Waals surface area contributed by atoms with Crippen LogP contribution in [0.5, 0.6) is 0 Å². The molecule has 1 fully saturated rings. The molecule has 1 aromatic carbocycles. The zero-order valence-electron chi connectivity index (χ0n) is 14.4. The Balaban J connectivity index is 1.47. The number of nitrogens with one attached hydrogen (secondary N) is 1. The van der Waals surface area contributed by atoms with Crippen molar-refractivity contribution in [3.05, 3.63) is 59.3 Å². The normalized spacial score (nSPS) is 15.1. The van der Waals surface area contributed by atoms with E-state index in [4.69, 9.17) is 10.2 Å². The fourth-order valence-electron chi connectivity index (χ4n) is 3.06. The number of halogens is 1. The van der Waals surface area contributed by atoms with Crippen molar-refractivity contribution in [2.75, 3.05) is 13.1 Å². The Kier molecular flexibility index (Phi) is 5.68. The maximum absolute atomic E-state index is 12.9. The molecule has 2 amide bonds. The van der Waals surface area contributed by atoms with Gasteiger partial charge in [0.25, 0.3) is 5.91 Å². The maximum Gasteiger partial charge on any atom is 0.257 e. The van der Waals surface area contributed by atoms with Gasteiger partial charge in [-0.3, -0.25) is 9.59 Å². The van der Waals surface area contributed by atoms with E-state index in [9.17, 15) is 14.0 Å². The van der Waals surface area contributed by atoms with Gasteiger partial charge in [0.05, 0.1) is 12.1 Å². The van der Waals surface area contributed by atoms with E-state index >= 15 is 0 Å². The molecule has 138 valence electrons. The smallest absolute Gasteiger partial charge is 0.257 e. The molecule has 0 bridgehead atoms. The molecule has 1 aliphatic heterocycles. The van der Waals surface area contributed by atoms with Crippen LogP contribution < -0.4 is 11.1 Å². The SMILES string of the molecule is NCc1cc(C(=O)N2CCC(C(=O)NCc3ccc(F)cc3)CC2)co1. The van der Waals surface area contributed by atoms with Gasteiger partial charge in [-0.15, -0.1) is 0 Å². The monoisotopic (exact) mass is 359 g/mol. The van der Waals surface area contributed by atoms with Crippen molar-refractivity contribution >= 4 is 11.8 Å². The molecule has 0 unspecified atom stereocenters. The van der Waals surface area contributed by atoms with Gasteiger partial charge >= 0.3 is 0 Å². The number of likely N-dealkylation sites (tertiary alicyclic amines) is 1. The van der Waals surface area contributed by atoms with Gasteiger partial charge in [-0.1, -0.05) is 12.1 Å². The maximum atomic E-state index is 12.9. The lowest BCUT2D eigenvalue weighted by molar-refractivity contribution is -0.126. The number of furan rings is 1. The molecule has 2 aromatic rings. The summed E-state index contributed by atoms with van der Waals surface area (Å²) >= 11 is 0. The highest BCUT2D eigenvalue weighted by Crippen LogP contribution is 2.20. The lowest BCUT2D eigenvalue weighted by Crippen LogP contribution is -2.42. The Morgan fingerprint density at radius 3 is 2.54 bits per heavy atom. The molecule has 26 heavy (non-hydrogen) atoms. The average molecular weight is 359 g/mol. The van der Waals surface area contributed by atoms with Crippen LogP contribution in [0, 0.1) is 11.7 Å². The second-order valence-electron chi connectivity index (χ2n) is 6.42. The lowest BCUT2D eigenvalue weighted by Gasteiger charge is -2.31. The highest BCUT2D eigenvalue weighted by molar-refractivity contribution is 5.94. The summed E-state index contributed by atoms with van der Waals surface area (Å²) in [6.07, 6.45) is 2.65. The molecule has 2 heterocycles. The summed E-state index contributed by atoms with van der Waals surface area (Å²) < 4.78 is 18.1. The fraction of sp³-hybridized carbons (Fsp3) is 0.368. The third-order valence-electron chi connectivity index (χ3n) is 4.63. The molecule has 7 heteroatoms. The van der Waals surface area contributed by atoms with Crippen molar-refractivity contribution in [2.45, 2.75) is 25.9 Å². The van der Waals surface area contributed by atoms with Gasteiger partial charge in [0.1, 0.15) is 17.8 Å². The summed E-state index contributed by atoms with van der Waals surface area (Å²) in [4.78, 5) is 26.5. The molecule has 0 aliphatic carbocycles. The molecule has 3 rings (SSSR count). The topological polar surface area (TPSA) is 88.6 Å². The van der Waals surface area contributed by atoms with Crippen LogP contribution in [0.1, 0.15) is 34.5 Å². The summed E-state index contributed by atoms with van der Waals surface area (Å²) in [5.74, 6) is 0.0222. The predicted molar refractivity (Wildman–Crippen MR) is 93.5 cm³/mol. The Morgan fingerprint density at radius 1 is 1.23 bits per heavy atom. The number of amides is 2. The Morgan fingerprint density at radius 2 is 1.92 bits per heavy atom. The van der Waals surface area contributed by atoms with E-state index in [1.165, 1.54) is 18.4 Å². The molecule has 6 nitrogen and oxygen atoms in total. The third kappa shape index (κ3) is 4.29. The fourth-order valence-corrected chi connectivity index (χ4v) is 3.06. The van der Waals surface area contributed by atoms with Gasteiger partial charge in [0.15, 0.2) is 0 Å². The number of nitrogens with two attached hydrogens (primary N) is 1. The predicted octanol–water partition coefficient (Wildman–Crippen LogP) is 2.05. The van der Waals surface area contributed by atoms with E-state index in [-0.39, 0.29) is 30.1 Å². The third-order valence-corrected chi connectivity index (χ3v) is 4.63. The Bertz CT molecular complexity index is 765. The van der Waals surface area contributed by atoms with E-state index in [2.05, 4.69) is 5.32 Å². The van der Waals surface area contributed by atoms with Gasteiger partial charge in [-0.05, 0) is 36.6 Å². The molecule has 0 radical (unpaired) electrons. The van der Waals surface area contributed by atoms with E-state index in [1.807, 2.05) is 0 Å². The first-order valence-electron chi connectivity index (χ1n) is 8.65. The lowest BCUT2D eigenvalue weighted by atomic mass is 9.95. The zero-order valence-corrected chi connectivity index (χ0v) is 14.4. The minimum absolute atomic E-state index is 0.0323. The van der Waals surface area contributed by atoms with Crippen molar-refractivity contribution in [2.24, 2.45) is 11.7 Å². The molecular weight excluding hydrogens is 337 g/mol. The molecular formula is C19H22FN3O3. The number of carbonyl (C=O) groups is 2. The number of nitrogens with zero attached hydrogens (tertiary/aromatic N) is 1. The van der Waals surface area contributed by atoms with Gasteiger partial charge in [0.2, 0.25) is 5.91 Å². The van der Waals surface area contributed by atoms with Crippen LogP contribution >= 0.6 is 0 Å². The molecule has 1 saturated heterocycles. The van der Waals surface area contributed by atoms with Crippen LogP contribution in [0.25, 0.3) is 0 Å². The van der Waals surface area contributed by atoms with Gasteiger partial charge in [-0.25, -0.2) is 4.39 Å². The van der Waals surface area contributed by atoms with E-state index in [1.54, 1.807) is 23.1 Å². The van der Waals surface area contributed by atoms with Gasteiger partial charge in [-0.2, -0.15) is 0 Å². The highest BCUT2D eigenvalue weighted by Gasteiger charge is 2.28. The van der Waals surface area contributed by atoms with Crippen LogP contribution in [-0.4, -0.2) is 29.8 Å². The van der Waals surface area contributed by atoms with Crippen LogP contribution in [0.3, 0.4) is 0 Å². The van der Waals surface area contributed by atoms with Gasteiger partial charge < -0.3 is 20.4 Å². The van der Waals surface area contributed by atoms with E-state index < -0.39 is 0 Å². The van der Waals surface area contributed by atoms with E-state index in [0.29, 0.717) is 43.8 Å². The number of piperidine rings is 1. The van der Waals surface area contributed by atoms with Crippen LogP contribution in [0.2, 0.25) is 0 Å². The second kappa shape index (κ2) is 8.14. The van der Waals surface area contributed by atoms with Crippen LogP contribution in [0.15, 0.2) is 41.0 Å². The first-order chi connectivity index (χ1) is 12.6. The summed E-state index contributed by atoms with van der Waals surface area (Å²) in [5.41, 5.74) is 6.83. The van der Waals surface area contributed by atoms with Crippen molar-refractivity contribution < 1.29 is 18.4 Å². The molecule has 0 saturated carbocycles. The molecule has 0 spiro atoms. The van der Waals surface area contributed by atoms with Gasteiger partial charge in [0, 0.05) is 25.6 Å². The second-order valence-corrected chi connectivity index (χ2v) is 6.42. The Hall–Kier alpha value is -2.67. The number of benzene rings is 1. The quantitative estimate of drug-likeness (QED) is 0.855. The highest BCUT2D eigenvalue weighted by atomic mass is 19.1. The van der Waals surface area contributed by atoms with Crippen LogP contribution in [-0.2, 0) is 17.9 Å². The number of rotatable bonds is 5. The molecule has 1 aliphatic rings. The summed E-state index contributed by atoms with van der Waals surface area (Å²) in [5, 5.41) is 2.88.